The van der Waals surface area contributed by atoms with E-state index in [0.29, 0.717) is 0 Å². The number of fused-ring (bicyclic) bond motifs is 8. The highest BCUT2D eigenvalue weighted by Crippen LogP contribution is 2.60. The van der Waals surface area contributed by atoms with E-state index in [0.717, 1.165) is 105 Å². The minimum absolute atomic E-state index is 0.626. The van der Waals surface area contributed by atoms with Crippen molar-refractivity contribution < 1.29 is 9.47 Å². The smallest absolute Gasteiger partial charge is 0.127 e. The Morgan fingerprint density at radius 1 is 0.286 bits per heavy atom. The first kappa shape index (κ1) is 58.6. The summed E-state index contributed by atoms with van der Waals surface area (Å²) in [7, 11) is 0. The van der Waals surface area contributed by atoms with Crippen LogP contribution in [0.25, 0.3) is 39.5 Å². The van der Waals surface area contributed by atoms with E-state index in [1.54, 1.807) is 0 Å². The zero-order valence-electron chi connectivity index (χ0n) is 54.9. The summed E-state index contributed by atoms with van der Waals surface area (Å²) in [5.74, 6) is 3.39. The molecule has 0 spiro atoms. The van der Waals surface area contributed by atoms with Crippen molar-refractivity contribution in [3.63, 3.8) is 0 Å². The molecule has 0 aromatic heterocycles. The second kappa shape index (κ2) is 23.7. The molecule has 0 heterocycles. The van der Waals surface area contributed by atoms with Crippen LogP contribution in [0, 0.1) is 13.8 Å². The molecule has 0 saturated heterocycles. The highest BCUT2D eigenvalue weighted by molar-refractivity contribution is 5.92. The molecule has 0 bridgehead atoms. The van der Waals surface area contributed by atoms with Gasteiger partial charge in [-0.05, 0) is 273 Å². The van der Waals surface area contributed by atoms with E-state index in [9.17, 15) is 0 Å². The lowest BCUT2D eigenvalue weighted by Crippen LogP contribution is -2.29. The van der Waals surface area contributed by atoms with Crippen LogP contribution in [0.15, 0.2) is 328 Å². The maximum atomic E-state index is 6.57. The van der Waals surface area contributed by atoms with Gasteiger partial charge in [0.15, 0.2) is 0 Å². The summed E-state index contributed by atoms with van der Waals surface area (Å²) in [6, 6.07) is 119. The first-order chi connectivity index (χ1) is 48.3. The zero-order valence-corrected chi connectivity index (χ0v) is 54.9. The third kappa shape index (κ3) is 9.73. The van der Waals surface area contributed by atoms with Gasteiger partial charge in [0, 0.05) is 34.1 Å². The molecule has 0 radical (unpaired) electrons. The minimum Gasteiger partial charge on any atom is -0.457 e. The molecular weight excluding hydrogens is 1190 g/mol. The number of rotatable bonds is 16. The van der Waals surface area contributed by atoms with Gasteiger partial charge in [-0.25, -0.2) is 0 Å². The average Bonchev–Trinajstić information content (AvgIpc) is 1.53. The topological polar surface area (TPSA) is 24.9 Å². The Morgan fingerprint density at radius 3 is 1.05 bits per heavy atom. The summed E-state index contributed by atoms with van der Waals surface area (Å²) >= 11 is 0. The molecule has 2 unspecified atom stereocenters. The van der Waals surface area contributed by atoms with Gasteiger partial charge >= 0.3 is 0 Å². The van der Waals surface area contributed by atoms with Crippen molar-refractivity contribution in [1.82, 2.24) is 0 Å². The molecule has 0 aliphatic heterocycles. The SMILES string of the molecule is C=Cc1ccc2c(c1)C(c1ccc(C)cc1)(c1ccc(Oc3ccc4c(c3)CC4)cc1)c1cc(N(c3ccccc3)c3ccc(-c4ccc(N(c5ccccc5)c5ccc6c(c5)C(c5ccc(C)cc5)(c5ccc(Oc7ccc8c(c7)CC8)cc5)c5ccccc5-6)cc4)cc3)ccc1-2. The molecule has 0 N–H and O–H groups in total. The second-order valence-electron chi connectivity index (χ2n) is 26.8. The molecule has 98 heavy (non-hydrogen) atoms. The predicted octanol–water partition coefficient (Wildman–Crippen LogP) is 24.1. The first-order valence-electron chi connectivity index (χ1n) is 34.3. The van der Waals surface area contributed by atoms with Crippen LogP contribution in [-0.2, 0) is 36.5 Å². The molecule has 468 valence electrons. The molecule has 4 nitrogen and oxygen atoms in total. The predicted molar refractivity (Wildman–Crippen MR) is 403 cm³/mol. The Hall–Kier alpha value is -12.0. The lowest BCUT2D eigenvalue weighted by atomic mass is 9.67. The molecule has 4 aliphatic carbocycles. The molecule has 18 rings (SSSR count). The van der Waals surface area contributed by atoms with E-state index >= 15 is 0 Å². The summed E-state index contributed by atoms with van der Waals surface area (Å²) in [6.07, 6.45) is 6.47. The van der Waals surface area contributed by atoms with Gasteiger partial charge in [0.05, 0.1) is 10.8 Å². The largest absolute Gasteiger partial charge is 0.457 e. The normalized spacial score (nSPS) is 15.6. The van der Waals surface area contributed by atoms with Crippen molar-refractivity contribution >= 4 is 40.2 Å². The lowest BCUT2D eigenvalue weighted by molar-refractivity contribution is 0.480. The van der Waals surface area contributed by atoms with Gasteiger partial charge in [0.1, 0.15) is 23.0 Å². The van der Waals surface area contributed by atoms with Crippen LogP contribution in [0.5, 0.6) is 23.0 Å². The number of anilines is 6. The van der Waals surface area contributed by atoms with Crippen molar-refractivity contribution in [2.24, 2.45) is 0 Å². The van der Waals surface area contributed by atoms with Crippen LogP contribution in [-0.4, -0.2) is 0 Å². The van der Waals surface area contributed by atoms with Gasteiger partial charge < -0.3 is 19.3 Å². The molecule has 14 aromatic rings. The monoisotopic (exact) mass is 1260 g/mol. The number of para-hydroxylation sites is 2. The Bertz CT molecular complexity index is 5390. The van der Waals surface area contributed by atoms with E-state index in [-0.39, 0.29) is 0 Å². The second-order valence-corrected chi connectivity index (χ2v) is 26.8. The van der Waals surface area contributed by atoms with Crippen molar-refractivity contribution in [2.75, 3.05) is 9.80 Å². The molecule has 0 saturated carbocycles. The summed E-state index contributed by atoms with van der Waals surface area (Å²) < 4.78 is 13.1. The van der Waals surface area contributed by atoms with Crippen LogP contribution < -0.4 is 19.3 Å². The number of hydrogen-bond donors (Lipinski definition) is 0. The van der Waals surface area contributed by atoms with E-state index in [1.807, 2.05) is 6.08 Å². The molecule has 2 atom stereocenters. The maximum absolute atomic E-state index is 6.57. The Balaban J connectivity index is 0.703. The van der Waals surface area contributed by atoms with Crippen LogP contribution in [0.4, 0.5) is 34.1 Å². The standard InChI is InChI=1S/C94H70N2O2/c1-4-64-23-54-86-88-56-47-80(61-92(88)94(90(86)57-64,72-36-21-63(3)22-37-72)74-40-52-82(53-41-74)98-84-49-33-68-25-27-70(68)59-84)96(76-15-9-6-10-16-76)78-44-30-66(31-45-78)65-28-42-77(43-29-65)95(75-13-7-5-8-14-75)79-46-55-87-85-17-11-12-18-89(85)93(91(87)60-79,71-34-19-62(2)20-35-71)73-38-50-81(51-39-73)97-83-48-32-67-24-26-69(67)58-83/h4-23,28-61H,1,24-27H2,2-3H3. The number of aryl methyl sites for hydroxylation is 6. The fourth-order valence-electron chi connectivity index (χ4n) is 16.1. The van der Waals surface area contributed by atoms with Gasteiger partial charge in [0.2, 0.25) is 0 Å². The van der Waals surface area contributed by atoms with Crippen molar-refractivity contribution in [3.05, 3.63) is 412 Å². The molecule has 4 heteroatoms. The van der Waals surface area contributed by atoms with E-state index in [2.05, 4.69) is 352 Å². The van der Waals surface area contributed by atoms with Crippen LogP contribution in [0.3, 0.4) is 0 Å². The Kier molecular flexibility index (Phi) is 14.2. The number of nitrogens with zero attached hydrogens (tertiary/aromatic N) is 2. The molecule has 0 fully saturated rings. The number of ether oxygens (including phenoxy) is 2. The van der Waals surface area contributed by atoms with Crippen molar-refractivity contribution in [3.8, 4) is 56.4 Å². The lowest BCUT2D eigenvalue weighted by Gasteiger charge is -2.35. The molecule has 0 amide bonds. The van der Waals surface area contributed by atoms with Gasteiger partial charge in [0.25, 0.3) is 0 Å². The van der Waals surface area contributed by atoms with Crippen LogP contribution in [0.2, 0.25) is 0 Å². The van der Waals surface area contributed by atoms with Gasteiger partial charge in [-0.15, -0.1) is 0 Å². The molecule has 14 aromatic carbocycles. The third-order valence-corrected chi connectivity index (χ3v) is 21.2. The van der Waals surface area contributed by atoms with E-state index in [4.69, 9.17) is 9.47 Å². The summed E-state index contributed by atoms with van der Waals surface area (Å²) in [4.78, 5) is 4.80. The van der Waals surface area contributed by atoms with E-state index in [1.165, 1.54) is 94.6 Å². The van der Waals surface area contributed by atoms with E-state index < -0.39 is 10.8 Å². The Labute approximate surface area is 574 Å². The number of benzene rings is 14. The first-order valence-corrected chi connectivity index (χ1v) is 34.3. The summed E-state index contributed by atoms with van der Waals surface area (Å²) in [6.45, 7) is 8.60. The zero-order chi connectivity index (χ0) is 65.5. The summed E-state index contributed by atoms with van der Waals surface area (Å²) in [5, 5.41) is 0. The minimum atomic E-state index is -0.680. The van der Waals surface area contributed by atoms with Gasteiger partial charge in [-0.2, -0.15) is 0 Å². The fourth-order valence-corrected chi connectivity index (χ4v) is 16.1. The third-order valence-electron chi connectivity index (χ3n) is 21.2. The van der Waals surface area contributed by atoms with Crippen LogP contribution in [0.1, 0.15) is 83.5 Å². The van der Waals surface area contributed by atoms with Gasteiger partial charge in [-0.1, -0.05) is 218 Å². The fraction of sp³-hybridized carbons (Fsp3) is 0.0851. The maximum Gasteiger partial charge on any atom is 0.127 e. The highest BCUT2D eigenvalue weighted by atomic mass is 16.5. The highest BCUT2D eigenvalue weighted by Gasteiger charge is 2.48. The van der Waals surface area contributed by atoms with Crippen LogP contribution >= 0.6 is 0 Å². The van der Waals surface area contributed by atoms with Gasteiger partial charge in [-0.3, -0.25) is 0 Å². The quantitative estimate of drug-likeness (QED) is 0.0963. The summed E-state index contributed by atoms with van der Waals surface area (Å²) in [5.41, 5.74) is 31.1. The van der Waals surface area contributed by atoms with Crippen molar-refractivity contribution in [2.45, 2.75) is 50.4 Å². The Morgan fingerprint density at radius 2 is 0.633 bits per heavy atom. The number of hydrogen-bond acceptors (Lipinski definition) is 4. The molecule has 4 aliphatic rings. The van der Waals surface area contributed by atoms with Crippen molar-refractivity contribution in [1.29, 1.82) is 0 Å². The average molecular weight is 1260 g/mol. The molecular formula is C94H70N2O2.